The average Bonchev–Trinajstić information content (AvgIpc) is 2.65. The molecule has 0 amide bonds. The summed E-state index contributed by atoms with van der Waals surface area (Å²) in [4.78, 5) is 23.8. The van der Waals surface area contributed by atoms with Crippen molar-refractivity contribution in [3.63, 3.8) is 0 Å². The molecule has 1 heterocycles. The van der Waals surface area contributed by atoms with Crippen LogP contribution in [0.1, 0.15) is 34.1 Å². The Morgan fingerprint density at radius 3 is 2.33 bits per heavy atom. The zero-order valence-electron chi connectivity index (χ0n) is 10.0. The molecule has 1 fully saturated rings. The third kappa shape index (κ3) is 2.88. The minimum absolute atomic E-state index is 0.0272. The molecule has 0 aromatic heterocycles. The van der Waals surface area contributed by atoms with Gasteiger partial charge in [-0.2, -0.15) is 0 Å². The van der Waals surface area contributed by atoms with Crippen molar-refractivity contribution in [2.75, 3.05) is 13.2 Å². The van der Waals surface area contributed by atoms with E-state index in [0.29, 0.717) is 13.2 Å². The Morgan fingerprint density at radius 2 is 1.93 bits per heavy atom. The predicted octanol–water partition coefficient (Wildman–Crippen LogP) is 1.84. The summed E-state index contributed by atoms with van der Waals surface area (Å²) in [6.45, 7) is 8.40. The van der Waals surface area contributed by atoms with E-state index < -0.39 is 11.3 Å². The number of carbonyl (C=O) groups excluding carboxylic acids is 2. The molecular formula is C12H20O3. The fourth-order valence-electron chi connectivity index (χ4n) is 1.89. The van der Waals surface area contributed by atoms with Crippen molar-refractivity contribution in [3.8, 4) is 0 Å². The molecule has 0 spiro atoms. The third-order valence-corrected chi connectivity index (χ3v) is 2.89. The van der Waals surface area contributed by atoms with Crippen molar-refractivity contribution < 1.29 is 14.3 Å². The van der Waals surface area contributed by atoms with E-state index >= 15 is 0 Å². The van der Waals surface area contributed by atoms with E-state index in [2.05, 4.69) is 0 Å². The van der Waals surface area contributed by atoms with E-state index in [1.165, 1.54) is 0 Å². The number of hydrogen-bond donors (Lipinski definition) is 0. The number of ether oxygens (including phenoxy) is 1. The zero-order valence-corrected chi connectivity index (χ0v) is 10.0. The summed E-state index contributed by atoms with van der Waals surface area (Å²) in [5.41, 5.74) is -0.436. The normalized spacial score (nSPS) is 23.9. The fourth-order valence-corrected chi connectivity index (χ4v) is 1.89. The van der Waals surface area contributed by atoms with E-state index in [1.54, 1.807) is 6.92 Å². The minimum atomic E-state index is -0.489. The first-order valence-electron chi connectivity index (χ1n) is 5.50. The van der Waals surface area contributed by atoms with Crippen molar-refractivity contribution >= 4 is 11.6 Å². The van der Waals surface area contributed by atoms with E-state index in [0.717, 1.165) is 6.42 Å². The highest BCUT2D eigenvalue weighted by molar-refractivity contribution is 6.05. The number of rotatable bonds is 3. The van der Waals surface area contributed by atoms with Crippen LogP contribution in [0.5, 0.6) is 0 Å². The van der Waals surface area contributed by atoms with Crippen LogP contribution in [-0.4, -0.2) is 24.8 Å². The summed E-state index contributed by atoms with van der Waals surface area (Å²) in [6.07, 6.45) is 0.764. The first kappa shape index (κ1) is 12.4. The van der Waals surface area contributed by atoms with Crippen LogP contribution < -0.4 is 0 Å². The Kier molecular flexibility index (Phi) is 3.66. The van der Waals surface area contributed by atoms with Gasteiger partial charge in [0.2, 0.25) is 0 Å². The van der Waals surface area contributed by atoms with Crippen LogP contribution in [-0.2, 0) is 14.3 Å². The lowest BCUT2D eigenvalue weighted by molar-refractivity contribution is -0.138. The largest absolute Gasteiger partial charge is 0.381 e. The summed E-state index contributed by atoms with van der Waals surface area (Å²) >= 11 is 0. The molecule has 0 saturated carbocycles. The number of Topliss-reactive ketones (excluding diaryl/α,β-unsaturated/α-hetero) is 2. The Balaban J connectivity index is 2.63. The first-order chi connectivity index (χ1) is 6.84. The smallest absolute Gasteiger partial charge is 0.148 e. The maximum absolute atomic E-state index is 11.9. The summed E-state index contributed by atoms with van der Waals surface area (Å²) in [6, 6.07) is 0. The molecule has 0 radical (unpaired) electrons. The van der Waals surface area contributed by atoms with Crippen LogP contribution >= 0.6 is 0 Å². The van der Waals surface area contributed by atoms with Crippen molar-refractivity contribution in [2.24, 2.45) is 17.3 Å². The van der Waals surface area contributed by atoms with Crippen molar-refractivity contribution in [2.45, 2.75) is 34.1 Å². The Morgan fingerprint density at radius 1 is 1.33 bits per heavy atom. The van der Waals surface area contributed by atoms with Gasteiger partial charge in [0, 0.05) is 17.9 Å². The lowest BCUT2D eigenvalue weighted by Gasteiger charge is -2.22. The van der Waals surface area contributed by atoms with Gasteiger partial charge in [-0.15, -0.1) is 0 Å². The second-order valence-electron chi connectivity index (χ2n) is 5.30. The lowest BCUT2D eigenvalue weighted by atomic mass is 9.79. The molecule has 2 atom stereocenters. The molecule has 86 valence electrons. The van der Waals surface area contributed by atoms with Crippen LogP contribution in [0.4, 0.5) is 0 Å². The first-order valence-corrected chi connectivity index (χ1v) is 5.50. The highest BCUT2D eigenvalue weighted by atomic mass is 16.5. The van der Waals surface area contributed by atoms with Crippen LogP contribution in [0.15, 0.2) is 0 Å². The van der Waals surface area contributed by atoms with E-state index in [9.17, 15) is 9.59 Å². The van der Waals surface area contributed by atoms with Gasteiger partial charge >= 0.3 is 0 Å². The lowest BCUT2D eigenvalue weighted by Crippen LogP contribution is -2.35. The van der Waals surface area contributed by atoms with E-state index in [4.69, 9.17) is 4.74 Å². The van der Waals surface area contributed by atoms with Crippen LogP contribution in [0.2, 0.25) is 0 Å². The standard InChI is InChI=1S/C12H20O3/c1-8(11(14)12(2,3)4)10(13)9-5-6-15-7-9/h8-9H,5-7H2,1-4H3. The Bertz CT molecular complexity index is 257. The molecule has 1 aliphatic rings. The van der Waals surface area contributed by atoms with Crippen LogP contribution in [0.3, 0.4) is 0 Å². The molecule has 15 heavy (non-hydrogen) atoms. The molecule has 1 rings (SSSR count). The highest BCUT2D eigenvalue weighted by Crippen LogP contribution is 2.25. The third-order valence-electron chi connectivity index (χ3n) is 2.89. The van der Waals surface area contributed by atoms with Gasteiger partial charge in [-0.3, -0.25) is 9.59 Å². The number of ketones is 2. The molecule has 3 heteroatoms. The van der Waals surface area contributed by atoms with Gasteiger partial charge in [0.05, 0.1) is 12.5 Å². The van der Waals surface area contributed by atoms with Crippen molar-refractivity contribution in [3.05, 3.63) is 0 Å². The maximum atomic E-state index is 11.9. The van der Waals surface area contributed by atoms with Gasteiger partial charge in [0.15, 0.2) is 0 Å². The minimum Gasteiger partial charge on any atom is -0.381 e. The zero-order chi connectivity index (χ0) is 11.6. The van der Waals surface area contributed by atoms with Crippen molar-refractivity contribution in [1.82, 2.24) is 0 Å². The van der Waals surface area contributed by atoms with Gasteiger partial charge < -0.3 is 4.74 Å². The molecule has 0 aromatic rings. The molecule has 1 aliphatic heterocycles. The molecule has 1 saturated heterocycles. The Hall–Kier alpha value is -0.700. The second kappa shape index (κ2) is 4.44. The van der Waals surface area contributed by atoms with E-state index in [-0.39, 0.29) is 17.5 Å². The van der Waals surface area contributed by atoms with E-state index in [1.807, 2.05) is 20.8 Å². The van der Waals surface area contributed by atoms with Gasteiger partial charge in [0.1, 0.15) is 11.6 Å². The van der Waals surface area contributed by atoms with Gasteiger partial charge in [-0.25, -0.2) is 0 Å². The average molecular weight is 212 g/mol. The summed E-state index contributed by atoms with van der Waals surface area (Å²) < 4.78 is 5.16. The predicted molar refractivity (Wildman–Crippen MR) is 57.6 cm³/mol. The summed E-state index contributed by atoms with van der Waals surface area (Å²) in [5.74, 6) is -0.477. The van der Waals surface area contributed by atoms with Crippen molar-refractivity contribution in [1.29, 1.82) is 0 Å². The number of hydrogen-bond acceptors (Lipinski definition) is 3. The quantitative estimate of drug-likeness (QED) is 0.670. The molecule has 0 bridgehead atoms. The van der Waals surface area contributed by atoms with Gasteiger partial charge in [0.25, 0.3) is 0 Å². The van der Waals surface area contributed by atoms with Crippen LogP contribution in [0.25, 0.3) is 0 Å². The second-order valence-corrected chi connectivity index (χ2v) is 5.30. The molecular weight excluding hydrogens is 192 g/mol. The molecule has 3 nitrogen and oxygen atoms in total. The molecule has 0 aromatic carbocycles. The monoisotopic (exact) mass is 212 g/mol. The molecule has 0 aliphatic carbocycles. The van der Waals surface area contributed by atoms with Gasteiger partial charge in [-0.1, -0.05) is 20.8 Å². The topological polar surface area (TPSA) is 43.4 Å². The summed E-state index contributed by atoms with van der Waals surface area (Å²) in [7, 11) is 0. The highest BCUT2D eigenvalue weighted by Gasteiger charge is 2.35. The molecule has 0 N–H and O–H groups in total. The Labute approximate surface area is 91.2 Å². The SMILES string of the molecule is CC(C(=O)C1CCOC1)C(=O)C(C)(C)C. The summed E-state index contributed by atoms with van der Waals surface area (Å²) in [5, 5.41) is 0. The maximum Gasteiger partial charge on any atom is 0.148 e. The molecule has 2 unspecified atom stereocenters. The van der Waals surface area contributed by atoms with Crippen LogP contribution in [0, 0.1) is 17.3 Å². The fraction of sp³-hybridized carbons (Fsp3) is 0.833. The number of carbonyl (C=O) groups is 2. The van der Waals surface area contributed by atoms with Gasteiger partial charge in [-0.05, 0) is 13.3 Å².